The fourth-order valence-electron chi connectivity index (χ4n) is 3.13. The first-order valence-electron chi connectivity index (χ1n) is 9.61. The molecule has 0 unspecified atom stereocenters. The van der Waals surface area contributed by atoms with Gasteiger partial charge in [0, 0.05) is 24.9 Å². The molecule has 0 bridgehead atoms. The van der Waals surface area contributed by atoms with Gasteiger partial charge >= 0.3 is 5.97 Å². The zero-order valence-corrected chi connectivity index (χ0v) is 17.0. The Morgan fingerprint density at radius 2 is 1.93 bits per heavy atom. The highest BCUT2D eigenvalue weighted by atomic mass is 16.5. The van der Waals surface area contributed by atoms with E-state index in [0.717, 1.165) is 11.1 Å². The second kappa shape index (κ2) is 10.4. The molecule has 0 saturated carbocycles. The van der Waals surface area contributed by atoms with Crippen molar-refractivity contribution >= 4 is 12.3 Å². The summed E-state index contributed by atoms with van der Waals surface area (Å²) in [5.74, 6) is -0.0253. The Morgan fingerprint density at radius 3 is 2.57 bits per heavy atom. The number of methoxy groups -OCH3 is 1. The Hall–Kier alpha value is -3.45. The molecule has 156 valence electrons. The summed E-state index contributed by atoms with van der Waals surface area (Å²) in [5.41, 5.74) is 3.06. The minimum absolute atomic E-state index is 0.135. The number of rotatable bonds is 10. The molecule has 0 aliphatic carbocycles. The molecule has 2 aromatic heterocycles. The third kappa shape index (κ3) is 5.12. The van der Waals surface area contributed by atoms with Gasteiger partial charge in [-0.1, -0.05) is 36.4 Å². The summed E-state index contributed by atoms with van der Waals surface area (Å²) in [4.78, 5) is 28.6. The lowest BCUT2D eigenvalue weighted by molar-refractivity contribution is 0.0515. The molecule has 7 heteroatoms. The normalized spacial score (nSPS) is 10.6. The minimum Gasteiger partial charge on any atom is -0.481 e. The van der Waals surface area contributed by atoms with Crippen LogP contribution in [0.4, 0.5) is 0 Å². The number of pyridine rings is 1. The van der Waals surface area contributed by atoms with E-state index in [1.54, 1.807) is 37.1 Å². The number of aldehydes is 1. The highest BCUT2D eigenvalue weighted by molar-refractivity contribution is 5.99. The Balaban J connectivity index is 1.85. The van der Waals surface area contributed by atoms with Gasteiger partial charge in [0.15, 0.2) is 6.29 Å². The van der Waals surface area contributed by atoms with E-state index in [1.165, 1.54) is 0 Å². The largest absolute Gasteiger partial charge is 0.481 e. The molecule has 3 rings (SSSR count). The SMILES string of the molecule is CCOC(=O)c1c(Cc2ccc(OC)nc2)cn(COCc2ccccc2)c1C=O. The van der Waals surface area contributed by atoms with Crippen LogP contribution in [0.25, 0.3) is 0 Å². The average Bonchev–Trinajstić information content (AvgIpc) is 3.12. The van der Waals surface area contributed by atoms with Crippen LogP contribution in [0, 0.1) is 0 Å². The Bertz CT molecular complexity index is 981. The highest BCUT2D eigenvalue weighted by Gasteiger charge is 2.23. The van der Waals surface area contributed by atoms with Crippen LogP contribution in [0.1, 0.15) is 44.5 Å². The number of esters is 1. The van der Waals surface area contributed by atoms with Crippen LogP contribution in [-0.2, 0) is 29.2 Å². The molecule has 0 aliphatic heterocycles. The lowest BCUT2D eigenvalue weighted by Crippen LogP contribution is -2.12. The van der Waals surface area contributed by atoms with Gasteiger partial charge in [0.1, 0.15) is 6.73 Å². The van der Waals surface area contributed by atoms with Gasteiger partial charge in [-0.15, -0.1) is 0 Å². The maximum atomic E-state index is 12.6. The molecule has 1 aromatic carbocycles. The van der Waals surface area contributed by atoms with E-state index < -0.39 is 5.97 Å². The molecule has 0 radical (unpaired) electrons. The van der Waals surface area contributed by atoms with E-state index in [2.05, 4.69) is 4.98 Å². The number of aromatic nitrogens is 2. The first-order valence-corrected chi connectivity index (χ1v) is 9.61. The van der Waals surface area contributed by atoms with Crippen LogP contribution in [0.5, 0.6) is 5.88 Å². The summed E-state index contributed by atoms with van der Waals surface area (Å²) in [7, 11) is 1.55. The summed E-state index contributed by atoms with van der Waals surface area (Å²) < 4.78 is 17.7. The number of hydrogen-bond donors (Lipinski definition) is 0. The third-order valence-electron chi connectivity index (χ3n) is 4.53. The molecular weight excluding hydrogens is 384 g/mol. The number of benzene rings is 1. The standard InChI is InChI=1S/C23H24N2O5/c1-3-30-23(27)22-19(11-18-9-10-21(28-2)24-12-18)13-25(20(22)14-26)16-29-15-17-7-5-4-6-8-17/h4-10,12-14H,3,11,15-16H2,1-2H3. The maximum Gasteiger partial charge on any atom is 0.340 e. The highest BCUT2D eigenvalue weighted by Crippen LogP contribution is 2.22. The molecular formula is C23H24N2O5. The lowest BCUT2D eigenvalue weighted by atomic mass is 10.0. The summed E-state index contributed by atoms with van der Waals surface area (Å²) in [5, 5.41) is 0. The topological polar surface area (TPSA) is 79.7 Å². The van der Waals surface area contributed by atoms with Crippen molar-refractivity contribution < 1.29 is 23.8 Å². The van der Waals surface area contributed by atoms with Crippen LogP contribution >= 0.6 is 0 Å². The van der Waals surface area contributed by atoms with E-state index in [-0.39, 0.29) is 24.6 Å². The van der Waals surface area contributed by atoms with Crippen molar-refractivity contribution in [3.05, 3.63) is 82.8 Å². The predicted octanol–water partition coefficient (Wildman–Crippen LogP) is 3.65. The molecule has 0 aliphatic rings. The molecule has 3 aromatic rings. The summed E-state index contributed by atoms with van der Waals surface area (Å²) in [6.07, 6.45) is 4.51. The van der Waals surface area contributed by atoms with Gasteiger partial charge in [-0.2, -0.15) is 0 Å². The Morgan fingerprint density at radius 1 is 1.13 bits per heavy atom. The van der Waals surface area contributed by atoms with Crippen LogP contribution in [-0.4, -0.2) is 35.5 Å². The smallest absolute Gasteiger partial charge is 0.340 e. The molecule has 0 spiro atoms. The first-order chi connectivity index (χ1) is 14.7. The van der Waals surface area contributed by atoms with Gasteiger partial charge < -0.3 is 18.8 Å². The Labute approximate surface area is 175 Å². The predicted molar refractivity (Wildman–Crippen MR) is 111 cm³/mol. The summed E-state index contributed by atoms with van der Waals surface area (Å²) in [6, 6.07) is 13.3. The molecule has 0 saturated heterocycles. The fourth-order valence-corrected chi connectivity index (χ4v) is 3.13. The zero-order valence-electron chi connectivity index (χ0n) is 17.0. The molecule has 7 nitrogen and oxygen atoms in total. The van der Waals surface area contributed by atoms with E-state index in [0.29, 0.717) is 30.8 Å². The number of nitrogens with zero attached hydrogens (tertiary/aromatic N) is 2. The molecule has 2 heterocycles. The van der Waals surface area contributed by atoms with Crippen molar-refractivity contribution in [3.63, 3.8) is 0 Å². The number of hydrogen-bond acceptors (Lipinski definition) is 6. The number of carbonyl (C=O) groups excluding carboxylic acids is 2. The van der Waals surface area contributed by atoms with E-state index in [1.807, 2.05) is 36.4 Å². The molecule has 0 atom stereocenters. The van der Waals surface area contributed by atoms with E-state index in [9.17, 15) is 9.59 Å². The summed E-state index contributed by atoms with van der Waals surface area (Å²) >= 11 is 0. The van der Waals surface area contributed by atoms with Crippen molar-refractivity contribution in [2.75, 3.05) is 13.7 Å². The Kier molecular flexibility index (Phi) is 7.34. The van der Waals surface area contributed by atoms with Crippen LogP contribution in [0.15, 0.2) is 54.9 Å². The second-order valence-electron chi connectivity index (χ2n) is 6.57. The zero-order chi connectivity index (χ0) is 21.3. The van der Waals surface area contributed by atoms with Gasteiger partial charge in [-0.05, 0) is 23.6 Å². The van der Waals surface area contributed by atoms with Crippen LogP contribution in [0.3, 0.4) is 0 Å². The van der Waals surface area contributed by atoms with Gasteiger partial charge in [-0.25, -0.2) is 9.78 Å². The van der Waals surface area contributed by atoms with E-state index in [4.69, 9.17) is 14.2 Å². The summed E-state index contributed by atoms with van der Waals surface area (Å²) in [6.45, 7) is 2.47. The quantitative estimate of drug-likeness (QED) is 0.376. The van der Waals surface area contributed by atoms with Gasteiger partial charge in [0.05, 0.1) is 31.6 Å². The number of carbonyl (C=O) groups is 2. The molecule has 0 N–H and O–H groups in total. The number of ether oxygens (including phenoxy) is 3. The van der Waals surface area contributed by atoms with Gasteiger partial charge in [0.25, 0.3) is 0 Å². The second-order valence-corrected chi connectivity index (χ2v) is 6.57. The minimum atomic E-state index is -0.530. The van der Waals surface area contributed by atoms with Crippen molar-refractivity contribution in [1.29, 1.82) is 0 Å². The monoisotopic (exact) mass is 408 g/mol. The van der Waals surface area contributed by atoms with Crippen molar-refractivity contribution in [2.24, 2.45) is 0 Å². The van der Waals surface area contributed by atoms with Crippen molar-refractivity contribution in [2.45, 2.75) is 26.7 Å². The third-order valence-corrected chi connectivity index (χ3v) is 4.53. The van der Waals surface area contributed by atoms with Crippen molar-refractivity contribution in [3.8, 4) is 5.88 Å². The van der Waals surface area contributed by atoms with Crippen molar-refractivity contribution in [1.82, 2.24) is 9.55 Å². The van der Waals surface area contributed by atoms with Crippen LogP contribution in [0.2, 0.25) is 0 Å². The van der Waals surface area contributed by atoms with Gasteiger partial charge in [0.2, 0.25) is 5.88 Å². The average molecular weight is 408 g/mol. The maximum absolute atomic E-state index is 12.6. The molecule has 0 fully saturated rings. The molecule has 0 amide bonds. The first kappa shape index (κ1) is 21.3. The fraction of sp³-hybridized carbons (Fsp3) is 0.261. The lowest BCUT2D eigenvalue weighted by Gasteiger charge is -2.08. The van der Waals surface area contributed by atoms with Crippen LogP contribution < -0.4 is 4.74 Å². The molecule has 30 heavy (non-hydrogen) atoms. The van der Waals surface area contributed by atoms with Gasteiger partial charge in [-0.3, -0.25) is 4.79 Å². The van der Waals surface area contributed by atoms with E-state index >= 15 is 0 Å².